The van der Waals surface area contributed by atoms with E-state index in [1.54, 1.807) is 23.4 Å². The van der Waals surface area contributed by atoms with Crippen LogP contribution >= 0.6 is 24.8 Å². The number of rotatable bonds is 11. The van der Waals surface area contributed by atoms with Gasteiger partial charge < -0.3 is 19.5 Å². The zero-order valence-corrected chi connectivity index (χ0v) is 23.3. The molecule has 7 nitrogen and oxygen atoms in total. The molecule has 2 heterocycles. The summed E-state index contributed by atoms with van der Waals surface area (Å²) in [6, 6.07) is 21.3. The van der Waals surface area contributed by atoms with Crippen LogP contribution in [-0.2, 0) is 24.3 Å². The lowest BCUT2D eigenvalue weighted by Crippen LogP contribution is -2.22. The van der Waals surface area contributed by atoms with Crippen molar-refractivity contribution in [3.63, 3.8) is 0 Å². The molecule has 9 heteroatoms. The van der Waals surface area contributed by atoms with Gasteiger partial charge in [0.05, 0.1) is 6.61 Å². The van der Waals surface area contributed by atoms with E-state index in [4.69, 9.17) is 4.74 Å². The van der Waals surface area contributed by atoms with Crippen LogP contribution in [0.25, 0.3) is 10.8 Å². The third-order valence-electron chi connectivity index (χ3n) is 6.17. The first-order valence-electron chi connectivity index (χ1n) is 12.2. The largest absolute Gasteiger partial charge is 0.494 e. The Bertz CT molecular complexity index is 1380. The van der Waals surface area contributed by atoms with Crippen molar-refractivity contribution < 1.29 is 9.53 Å². The molecule has 1 N–H and O–H groups in total. The minimum atomic E-state index is -0.00327. The van der Waals surface area contributed by atoms with Gasteiger partial charge in [0.2, 0.25) is 5.91 Å². The number of halogens is 2. The van der Waals surface area contributed by atoms with Crippen LogP contribution < -0.4 is 20.5 Å². The molecule has 2 aromatic heterocycles. The fraction of sp³-hybridized carbons (Fsp3) is 0.276. The summed E-state index contributed by atoms with van der Waals surface area (Å²) < 4.78 is 7.56. The van der Waals surface area contributed by atoms with Gasteiger partial charge in [-0.3, -0.25) is 14.6 Å². The molecule has 0 fully saturated rings. The standard InChI is InChI=1S/C29H32N4O3.2ClH/c1-22(34)32(2)26-8-10-27(11-9-26)36-19-5-15-30-21-23-12-16-31-25(20-23)14-18-33-17-13-24-6-3-4-7-28(24)29(33)35;;/h3-4,6-13,16-17,20,30H,5,14-15,18-19,21H2,1-2H3;2*1H. The molecule has 202 valence electrons. The number of hydrogen-bond donors (Lipinski definition) is 1. The monoisotopic (exact) mass is 556 g/mol. The number of hydrogen-bond acceptors (Lipinski definition) is 5. The molecule has 1 amide bonds. The third kappa shape index (κ3) is 8.31. The van der Waals surface area contributed by atoms with Crippen LogP contribution in [0.2, 0.25) is 0 Å². The van der Waals surface area contributed by atoms with Gasteiger partial charge in [-0.05, 0) is 72.4 Å². The first-order chi connectivity index (χ1) is 17.5. The summed E-state index contributed by atoms with van der Waals surface area (Å²) in [6.07, 6.45) is 5.25. The first-order valence-corrected chi connectivity index (χ1v) is 12.2. The molecule has 0 saturated heterocycles. The SMILES string of the molecule is CC(=O)N(C)c1ccc(OCCCNCc2ccnc(CCn3ccc4ccccc4c3=O)c2)cc1.Cl.Cl. The van der Waals surface area contributed by atoms with Gasteiger partial charge in [0.1, 0.15) is 5.75 Å². The van der Waals surface area contributed by atoms with E-state index in [0.717, 1.165) is 53.0 Å². The Balaban J connectivity index is 0.00000253. The number of carbonyl (C=O) groups excluding carboxylic acids is 1. The minimum Gasteiger partial charge on any atom is -0.494 e. The number of ether oxygens (including phenoxy) is 1. The van der Waals surface area contributed by atoms with E-state index in [1.807, 2.05) is 73.1 Å². The number of amides is 1. The fourth-order valence-electron chi connectivity index (χ4n) is 3.98. The van der Waals surface area contributed by atoms with Crippen molar-refractivity contribution in [2.75, 3.05) is 25.1 Å². The molecule has 2 aromatic carbocycles. The summed E-state index contributed by atoms with van der Waals surface area (Å²) in [6.45, 7) is 4.32. The molecule has 0 aliphatic heterocycles. The number of fused-ring (bicyclic) bond motifs is 1. The van der Waals surface area contributed by atoms with Crippen LogP contribution in [-0.4, -0.2) is 35.7 Å². The zero-order valence-electron chi connectivity index (χ0n) is 21.6. The Morgan fingerprint density at radius 1 is 1.05 bits per heavy atom. The second kappa shape index (κ2) is 15.1. The predicted molar refractivity (Wildman–Crippen MR) is 158 cm³/mol. The summed E-state index contributed by atoms with van der Waals surface area (Å²) in [5.74, 6) is 0.788. The van der Waals surface area contributed by atoms with Crippen molar-refractivity contribution in [3.8, 4) is 5.75 Å². The minimum absolute atomic E-state index is 0. The Hall–Kier alpha value is -3.39. The van der Waals surface area contributed by atoms with Crippen LogP contribution in [0, 0.1) is 0 Å². The van der Waals surface area contributed by atoms with Gasteiger partial charge in [0, 0.05) is 62.6 Å². The number of aryl methyl sites for hydroxylation is 2. The predicted octanol–water partition coefficient (Wildman–Crippen LogP) is 5.02. The van der Waals surface area contributed by atoms with E-state index >= 15 is 0 Å². The van der Waals surface area contributed by atoms with Crippen molar-refractivity contribution in [2.45, 2.75) is 32.9 Å². The summed E-state index contributed by atoms with van der Waals surface area (Å²) in [5, 5.41) is 5.15. The lowest BCUT2D eigenvalue weighted by Gasteiger charge is -2.15. The number of anilines is 1. The van der Waals surface area contributed by atoms with Gasteiger partial charge in [-0.15, -0.1) is 24.8 Å². The van der Waals surface area contributed by atoms with Gasteiger partial charge in [0.25, 0.3) is 5.56 Å². The normalized spacial score (nSPS) is 10.4. The summed E-state index contributed by atoms with van der Waals surface area (Å²) in [7, 11) is 1.75. The van der Waals surface area contributed by atoms with Crippen LogP contribution in [0.4, 0.5) is 5.69 Å². The highest BCUT2D eigenvalue weighted by atomic mass is 35.5. The fourth-order valence-corrected chi connectivity index (χ4v) is 3.98. The molecular weight excluding hydrogens is 523 g/mol. The number of nitrogens with zero attached hydrogens (tertiary/aromatic N) is 3. The van der Waals surface area contributed by atoms with E-state index in [9.17, 15) is 9.59 Å². The maximum atomic E-state index is 12.7. The van der Waals surface area contributed by atoms with E-state index < -0.39 is 0 Å². The highest BCUT2D eigenvalue weighted by molar-refractivity contribution is 5.90. The van der Waals surface area contributed by atoms with Crippen molar-refractivity contribution >= 4 is 47.2 Å². The summed E-state index contributed by atoms with van der Waals surface area (Å²) >= 11 is 0. The van der Waals surface area contributed by atoms with Gasteiger partial charge >= 0.3 is 0 Å². The number of benzene rings is 2. The highest BCUT2D eigenvalue weighted by Crippen LogP contribution is 2.18. The zero-order chi connectivity index (χ0) is 25.3. The molecule has 4 rings (SSSR count). The molecule has 0 atom stereocenters. The molecule has 0 aliphatic rings. The number of aromatic nitrogens is 2. The van der Waals surface area contributed by atoms with Gasteiger partial charge in [-0.2, -0.15) is 0 Å². The van der Waals surface area contributed by atoms with Crippen LogP contribution in [0.1, 0.15) is 24.6 Å². The Morgan fingerprint density at radius 2 is 1.82 bits per heavy atom. The smallest absolute Gasteiger partial charge is 0.258 e. The van der Waals surface area contributed by atoms with Crippen molar-refractivity contribution in [2.24, 2.45) is 0 Å². The molecule has 4 aromatic rings. The van der Waals surface area contributed by atoms with E-state index in [2.05, 4.69) is 16.4 Å². The highest BCUT2D eigenvalue weighted by Gasteiger charge is 2.06. The Kier molecular flexibility index (Phi) is 12.3. The number of pyridine rings is 2. The molecule has 0 aliphatic carbocycles. The second-order valence-corrected chi connectivity index (χ2v) is 8.76. The molecule has 0 radical (unpaired) electrons. The lowest BCUT2D eigenvalue weighted by atomic mass is 10.1. The maximum Gasteiger partial charge on any atom is 0.258 e. The number of carbonyl (C=O) groups is 1. The molecule has 0 bridgehead atoms. The average Bonchev–Trinajstić information content (AvgIpc) is 2.90. The Morgan fingerprint density at radius 3 is 2.58 bits per heavy atom. The molecular formula is C29H34Cl2N4O3. The lowest BCUT2D eigenvalue weighted by molar-refractivity contribution is -0.116. The first kappa shape index (κ1) is 30.8. The molecule has 0 unspecified atom stereocenters. The van der Waals surface area contributed by atoms with Crippen LogP contribution in [0.5, 0.6) is 5.75 Å². The molecule has 38 heavy (non-hydrogen) atoms. The average molecular weight is 558 g/mol. The quantitative estimate of drug-likeness (QED) is 0.262. The second-order valence-electron chi connectivity index (χ2n) is 8.76. The molecule has 0 spiro atoms. The Labute approximate surface area is 235 Å². The van der Waals surface area contributed by atoms with Crippen LogP contribution in [0.15, 0.2) is 83.9 Å². The summed E-state index contributed by atoms with van der Waals surface area (Å²) in [4.78, 5) is 30.2. The topological polar surface area (TPSA) is 76.5 Å². The van der Waals surface area contributed by atoms with Crippen LogP contribution in [0.3, 0.4) is 0 Å². The summed E-state index contributed by atoms with van der Waals surface area (Å²) in [5.41, 5.74) is 3.01. The van der Waals surface area contributed by atoms with E-state index in [-0.39, 0.29) is 36.3 Å². The van der Waals surface area contributed by atoms with Gasteiger partial charge in [-0.25, -0.2) is 0 Å². The molecule has 0 saturated carbocycles. The van der Waals surface area contributed by atoms with E-state index in [1.165, 1.54) is 0 Å². The third-order valence-corrected chi connectivity index (χ3v) is 6.17. The van der Waals surface area contributed by atoms with E-state index in [0.29, 0.717) is 19.6 Å². The van der Waals surface area contributed by atoms with Crippen molar-refractivity contribution in [3.05, 3.63) is 101 Å². The van der Waals surface area contributed by atoms with Gasteiger partial charge in [-0.1, -0.05) is 18.2 Å². The maximum absolute atomic E-state index is 12.7. The van der Waals surface area contributed by atoms with Crippen molar-refractivity contribution in [1.29, 1.82) is 0 Å². The van der Waals surface area contributed by atoms with Gasteiger partial charge in [0.15, 0.2) is 0 Å². The van der Waals surface area contributed by atoms with Crippen molar-refractivity contribution in [1.82, 2.24) is 14.9 Å². The number of nitrogens with one attached hydrogen (secondary N) is 1.